The average molecular weight is 350 g/mol. The molecule has 3 rings (SSSR count). The molecule has 0 aromatic heterocycles. The van der Waals surface area contributed by atoms with Crippen molar-refractivity contribution in [1.82, 2.24) is 15.1 Å². The maximum Gasteiger partial charge on any atom is 0.222 e. The van der Waals surface area contributed by atoms with Gasteiger partial charge in [0.2, 0.25) is 5.91 Å². The molecule has 0 aromatic rings. The summed E-state index contributed by atoms with van der Waals surface area (Å²) in [6, 6.07) is 0. The van der Waals surface area contributed by atoms with Crippen LogP contribution in [0, 0.1) is 17.8 Å². The van der Waals surface area contributed by atoms with E-state index in [-0.39, 0.29) is 0 Å². The van der Waals surface area contributed by atoms with E-state index < -0.39 is 0 Å². The lowest BCUT2D eigenvalue weighted by Gasteiger charge is -2.36. The maximum atomic E-state index is 12.8. The number of carbonyl (C=O) groups is 1. The number of hydrogen-bond donors (Lipinski definition) is 1. The SMILES string of the molecule is CC(CC(=O)N1CCCC(CN2CCCCCC2)C1)C1CCNCC1. The van der Waals surface area contributed by atoms with E-state index in [1.807, 2.05) is 0 Å². The minimum atomic E-state index is 0.423. The van der Waals surface area contributed by atoms with Crippen LogP contribution in [-0.4, -0.2) is 61.5 Å². The largest absolute Gasteiger partial charge is 0.342 e. The minimum Gasteiger partial charge on any atom is -0.342 e. The number of piperidine rings is 2. The van der Waals surface area contributed by atoms with Gasteiger partial charge in [-0.2, -0.15) is 0 Å². The van der Waals surface area contributed by atoms with Crippen LogP contribution in [0.5, 0.6) is 0 Å². The molecule has 3 fully saturated rings. The number of hydrogen-bond acceptors (Lipinski definition) is 3. The van der Waals surface area contributed by atoms with Gasteiger partial charge in [0.1, 0.15) is 0 Å². The number of likely N-dealkylation sites (tertiary alicyclic amines) is 2. The van der Waals surface area contributed by atoms with Crippen molar-refractivity contribution in [2.75, 3.05) is 45.8 Å². The monoisotopic (exact) mass is 349 g/mol. The van der Waals surface area contributed by atoms with Crippen LogP contribution >= 0.6 is 0 Å². The van der Waals surface area contributed by atoms with Crippen molar-refractivity contribution in [3.63, 3.8) is 0 Å². The number of carbonyl (C=O) groups excluding carboxylic acids is 1. The molecule has 3 saturated heterocycles. The van der Waals surface area contributed by atoms with Crippen LogP contribution in [0.2, 0.25) is 0 Å². The molecule has 2 unspecified atom stereocenters. The van der Waals surface area contributed by atoms with Crippen LogP contribution in [0.15, 0.2) is 0 Å². The quantitative estimate of drug-likeness (QED) is 0.828. The Hall–Kier alpha value is -0.610. The molecule has 1 N–H and O–H groups in total. The third kappa shape index (κ3) is 5.96. The van der Waals surface area contributed by atoms with Gasteiger partial charge in [-0.15, -0.1) is 0 Å². The van der Waals surface area contributed by atoms with Crippen LogP contribution in [0.4, 0.5) is 0 Å². The van der Waals surface area contributed by atoms with Crippen molar-refractivity contribution in [1.29, 1.82) is 0 Å². The highest BCUT2D eigenvalue weighted by Crippen LogP contribution is 2.26. The molecule has 0 aliphatic carbocycles. The molecule has 4 heteroatoms. The molecule has 0 radical (unpaired) electrons. The van der Waals surface area contributed by atoms with Gasteiger partial charge < -0.3 is 15.1 Å². The first-order valence-corrected chi connectivity index (χ1v) is 10.9. The topological polar surface area (TPSA) is 35.6 Å². The van der Waals surface area contributed by atoms with E-state index in [2.05, 4.69) is 22.0 Å². The summed E-state index contributed by atoms with van der Waals surface area (Å²) in [5, 5.41) is 3.44. The first-order chi connectivity index (χ1) is 12.2. The van der Waals surface area contributed by atoms with E-state index in [1.165, 1.54) is 71.0 Å². The first-order valence-electron chi connectivity index (χ1n) is 10.9. The minimum absolute atomic E-state index is 0.423. The molecule has 3 aliphatic rings. The summed E-state index contributed by atoms with van der Waals surface area (Å²) >= 11 is 0. The number of nitrogens with zero attached hydrogens (tertiary/aromatic N) is 2. The van der Waals surface area contributed by atoms with Gasteiger partial charge in [-0.25, -0.2) is 0 Å². The van der Waals surface area contributed by atoms with Crippen LogP contribution in [0.3, 0.4) is 0 Å². The van der Waals surface area contributed by atoms with Gasteiger partial charge in [-0.05, 0) is 82.5 Å². The normalized spacial score (nSPS) is 28.5. The molecule has 3 aliphatic heterocycles. The predicted octanol–water partition coefficient (Wildman–Crippen LogP) is 3.13. The van der Waals surface area contributed by atoms with Crippen LogP contribution < -0.4 is 5.32 Å². The summed E-state index contributed by atoms with van der Waals surface area (Å²) < 4.78 is 0. The Kier molecular flexibility index (Phi) is 7.60. The van der Waals surface area contributed by atoms with E-state index in [4.69, 9.17) is 0 Å². The van der Waals surface area contributed by atoms with Crippen molar-refractivity contribution in [2.45, 2.75) is 64.7 Å². The van der Waals surface area contributed by atoms with Crippen LogP contribution in [0.1, 0.15) is 64.7 Å². The predicted molar refractivity (Wildman–Crippen MR) is 104 cm³/mol. The van der Waals surface area contributed by atoms with E-state index in [9.17, 15) is 4.79 Å². The highest BCUT2D eigenvalue weighted by atomic mass is 16.2. The molecule has 2 atom stereocenters. The van der Waals surface area contributed by atoms with Crippen molar-refractivity contribution < 1.29 is 4.79 Å². The molecule has 0 bridgehead atoms. The fraction of sp³-hybridized carbons (Fsp3) is 0.952. The van der Waals surface area contributed by atoms with E-state index in [0.29, 0.717) is 17.7 Å². The number of rotatable bonds is 5. The zero-order valence-corrected chi connectivity index (χ0v) is 16.3. The zero-order valence-electron chi connectivity index (χ0n) is 16.3. The van der Waals surface area contributed by atoms with Gasteiger partial charge in [0.25, 0.3) is 0 Å². The van der Waals surface area contributed by atoms with E-state index in [1.54, 1.807) is 0 Å². The molecule has 1 amide bonds. The van der Waals surface area contributed by atoms with Gasteiger partial charge in [0.15, 0.2) is 0 Å². The first kappa shape index (κ1) is 19.2. The number of amides is 1. The molecule has 25 heavy (non-hydrogen) atoms. The van der Waals surface area contributed by atoms with Crippen LogP contribution in [0.25, 0.3) is 0 Å². The Morgan fingerprint density at radius 2 is 1.72 bits per heavy atom. The lowest BCUT2D eigenvalue weighted by molar-refractivity contribution is -0.134. The third-order valence-electron chi connectivity index (χ3n) is 6.77. The Balaban J connectivity index is 1.44. The van der Waals surface area contributed by atoms with Gasteiger partial charge in [0, 0.05) is 26.1 Å². The van der Waals surface area contributed by atoms with Crippen LogP contribution in [-0.2, 0) is 4.79 Å². The average Bonchev–Trinajstić information content (AvgIpc) is 2.91. The summed E-state index contributed by atoms with van der Waals surface area (Å²) in [6.07, 6.45) is 11.3. The van der Waals surface area contributed by atoms with Gasteiger partial charge >= 0.3 is 0 Å². The van der Waals surface area contributed by atoms with E-state index in [0.717, 1.165) is 38.5 Å². The molecule has 144 valence electrons. The zero-order chi connectivity index (χ0) is 17.5. The lowest BCUT2D eigenvalue weighted by atomic mass is 9.83. The standard InChI is InChI=1S/C21H39N3O/c1-18(20-8-10-22-11-9-20)15-21(25)24-14-6-7-19(17-24)16-23-12-4-2-3-5-13-23/h18-20,22H,2-17H2,1H3. The van der Waals surface area contributed by atoms with Crippen molar-refractivity contribution in [3.8, 4) is 0 Å². The Morgan fingerprint density at radius 1 is 1.00 bits per heavy atom. The summed E-state index contributed by atoms with van der Waals surface area (Å²) in [7, 11) is 0. The van der Waals surface area contributed by atoms with Crippen molar-refractivity contribution in [3.05, 3.63) is 0 Å². The molecular weight excluding hydrogens is 310 g/mol. The summed E-state index contributed by atoms with van der Waals surface area (Å²) in [5.41, 5.74) is 0. The fourth-order valence-electron chi connectivity index (χ4n) is 5.11. The Bertz CT molecular complexity index is 400. The second kappa shape index (κ2) is 9.91. The molecular formula is C21H39N3O. The Labute approximate surface area is 154 Å². The van der Waals surface area contributed by atoms with Gasteiger partial charge in [-0.1, -0.05) is 19.8 Å². The lowest BCUT2D eigenvalue weighted by Crippen LogP contribution is -2.44. The van der Waals surface area contributed by atoms with Gasteiger partial charge in [-0.3, -0.25) is 4.79 Å². The van der Waals surface area contributed by atoms with Crippen molar-refractivity contribution in [2.24, 2.45) is 17.8 Å². The third-order valence-corrected chi connectivity index (χ3v) is 6.77. The summed E-state index contributed by atoms with van der Waals surface area (Å²) in [5.74, 6) is 2.40. The molecule has 0 spiro atoms. The van der Waals surface area contributed by atoms with E-state index >= 15 is 0 Å². The molecule has 0 aromatic carbocycles. The van der Waals surface area contributed by atoms with Gasteiger partial charge in [0.05, 0.1) is 0 Å². The second-order valence-electron chi connectivity index (χ2n) is 8.83. The second-order valence-corrected chi connectivity index (χ2v) is 8.83. The molecule has 3 heterocycles. The highest BCUT2D eigenvalue weighted by Gasteiger charge is 2.28. The highest BCUT2D eigenvalue weighted by molar-refractivity contribution is 5.76. The summed E-state index contributed by atoms with van der Waals surface area (Å²) in [6.45, 7) is 10.3. The maximum absolute atomic E-state index is 12.8. The molecule has 0 saturated carbocycles. The fourth-order valence-corrected chi connectivity index (χ4v) is 5.11. The Morgan fingerprint density at radius 3 is 2.44 bits per heavy atom. The smallest absolute Gasteiger partial charge is 0.222 e. The number of nitrogens with one attached hydrogen (secondary N) is 1. The summed E-state index contributed by atoms with van der Waals surface area (Å²) in [4.78, 5) is 17.7. The molecule has 4 nitrogen and oxygen atoms in total. The van der Waals surface area contributed by atoms with Crippen molar-refractivity contribution >= 4 is 5.91 Å².